The fourth-order valence-electron chi connectivity index (χ4n) is 5.04. The maximum Gasteiger partial charge on any atom is 0.431 e. The van der Waals surface area contributed by atoms with E-state index in [4.69, 9.17) is 9.47 Å². The molecule has 214 valence electrons. The van der Waals surface area contributed by atoms with Gasteiger partial charge in [0.05, 0.1) is 30.4 Å². The number of halogens is 5. The monoisotopic (exact) mass is 573 g/mol. The minimum Gasteiger partial charge on any atom is -0.494 e. The third-order valence-electron chi connectivity index (χ3n) is 7.00. The molecule has 0 bridgehead atoms. The number of hydrogen-bond donors (Lipinski definition) is 1. The lowest BCUT2D eigenvalue weighted by Crippen LogP contribution is -2.44. The number of anilines is 2. The number of carboxylic acids is 1. The number of alkyl halides is 3. The van der Waals surface area contributed by atoms with Crippen molar-refractivity contribution in [2.45, 2.75) is 51.9 Å². The minimum absolute atomic E-state index is 0. The van der Waals surface area contributed by atoms with E-state index in [1.54, 1.807) is 36.4 Å². The molecule has 0 unspecified atom stereocenters. The number of carboxylic acid groups (broad SMARTS) is 1. The molecular weight excluding hydrogens is 542 g/mol. The molecule has 12 heteroatoms. The van der Waals surface area contributed by atoms with Gasteiger partial charge in [0.2, 0.25) is 0 Å². The van der Waals surface area contributed by atoms with Crippen LogP contribution in [0.25, 0.3) is 0 Å². The zero-order chi connectivity index (χ0) is 27.6. The first kappa shape index (κ1) is 30.3. The molecule has 39 heavy (non-hydrogen) atoms. The molecule has 2 aromatic carbocycles. The van der Waals surface area contributed by atoms with Crippen LogP contribution < -0.4 is 19.4 Å². The first-order valence-corrected chi connectivity index (χ1v) is 12.6. The number of hydrogen-bond acceptors (Lipinski definition) is 6. The summed E-state index contributed by atoms with van der Waals surface area (Å²) in [5.74, 6) is -1.39. The highest BCUT2D eigenvalue weighted by atomic mass is 35.5. The van der Waals surface area contributed by atoms with E-state index in [1.807, 2.05) is 18.7 Å². The van der Waals surface area contributed by atoms with Crippen LogP contribution in [-0.2, 0) is 4.79 Å². The molecule has 2 heterocycles. The lowest BCUT2D eigenvalue weighted by molar-refractivity contribution is -0.137. The van der Waals surface area contributed by atoms with Crippen molar-refractivity contribution in [3.8, 4) is 11.5 Å². The molecule has 2 aromatic rings. The summed E-state index contributed by atoms with van der Waals surface area (Å²) in [6.07, 6.45) is -4.62. The van der Waals surface area contributed by atoms with Crippen molar-refractivity contribution in [1.29, 1.82) is 0 Å². The Kier molecular flexibility index (Phi) is 9.58. The summed E-state index contributed by atoms with van der Waals surface area (Å²) in [5, 5.41) is 14.1. The van der Waals surface area contributed by atoms with Crippen LogP contribution >= 0.6 is 12.4 Å². The lowest BCUT2D eigenvalue weighted by atomic mass is 9.94. The van der Waals surface area contributed by atoms with Gasteiger partial charge in [0, 0.05) is 37.4 Å². The molecule has 1 fully saturated rings. The summed E-state index contributed by atoms with van der Waals surface area (Å²) in [5.41, 5.74) is -0.157. The highest BCUT2D eigenvalue weighted by Crippen LogP contribution is 2.37. The Hall–Kier alpha value is -3.21. The summed E-state index contributed by atoms with van der Waals surface area (Å²) >= 11 is 0. The number of rotatable bonds is 8. The van der Waals surface area contributed by atoms with Gasteiger partial charge in [-0.15, -0.1) is 12.4 Å². The number of nitrogens with zero attached hydrogens (tertiary/aromatic N) is 3. The summed E-state index contributed by atoms with van der Waals surface area (Å²) in [6.45, 7) is 6.87. The number of benzene rings is 2. The maximum absolute atomic E-state index is 14.5. The van der Waals surface area contributed by atoms with Gasteiger partial charge >= 0.3 is 12.1 Å². The molecule has 0 saturated carbocycles. The number of piperidine rings is 1. The average molecular weight is 574 g/mol. The van der Waals surface area contributed by atoms with Crippen molar-refractivity contribution < 1.29 is 36.9 Å². The zero-order valence-corrected chi connectivity index (χ0v) is 22.6. The molecule has 0 radical (unpaired) electrons. The van der Waals surface area contributed by atoms with Crippen molar-refractivity contribution in [3.05, 3.63) is 48.3 Å². The van der Waals surface area contributed by atoms with E-state index in [2.05, 4.69) is 5.10 Å². The second-order valence-corrected chi connectivity index (χ2v) is 9.69. The molecule has 1 saturated heterocycles. The van der Waals surface area contributed by atoms with Gasteiger partial charge in [-0.25, -0.2) is 4.39 Å². The Morgan fingerprint density at radius 1 is 1.13 bits per heavy atom. The second kappa shape index (κ2) is 12.3. The first-order valence-electron chi connectivity index (χ1n) is 12.6. The predicted molar refractivity (Wildman–Crippen MR) is 143 cm³/mol. The number of aliphatic carboxylic acids is 1. The van der Waals surface area contributed by atoms with E-state index in [0.29, 0.717) is 49.0 Å². The van der Waals surface area contributed by atoms with Gasteiger partial charge in [-0.2, -0.15) is 18.3 Å². The van der Waals surface area contributed by atoms with E-state index in [0.717, 1.165) is 5.01 Å². The van der Waals surface area contributed by atoms with E-state index in [1.165, 1.54) is 13.0 Å². The summed E-state index contributed by atoms with van der Waals surface area (Å²) < 4.78 is 66.5. The third kappa shape index (κ3) is 6.87. The number of ether oxygens (including phenoxy) is 2. The largest absolute Gasteiger partial charge is 0.494 e. The van der Waals surface area contributed by atoms with Gasteiger partial charge in [0.1, 0.15) is 29.1 Å². The van der Waals surface area contributed by atoms with Gasteiger partial charge < -0.3 is 19.5 Å². The van der Waals surface area contributed by atoms with E-state index >= 15 is 0 Å². The first-order chi connectivity index (χ1) is 18.0. The van der Waals surface area contributed by atoms with Gasteiger partial charge in [0.15, 0.2) is 0 Å². The fourth-order valence-corrected chi connectivity index (χ4v) is 5.04. The van der Waals surface area contributed by atoms with Crippen LogP contribution in [0.5, 0.6) is 11.5 Å². The van der Waals surface area contributed by atoms with Gasteiger partial charge in [-0.1, -0.05) is 13.8 Å². The quantitative estimate of drug-likeness (QED) is 0.381. The molecule has 0 amide bonds. The van der Waals surface area contributed by atoms with Crippen molar-refractivity contribution in [2.24, 2.45) is 16.9 Å². The Bertz CT molecular complexity index is 1180. The lowest BCUT2D eigenvalue weighted by Gasteiger charge is -2.38. The molecule has 0 aromatic heterocycles. The van der Waals surface area contributed by atoms with Gasteiger partial charge in [-0.3, -0.25) is 9.80 Å². The Morgan fingerprint density at radius 3 is 2.38 bits per heavy atom. The van der Waals surface area contributed by atoms with Gasteiger partial charge in [0.25, 0.3) is 0 Å². The number of hydrazone groups is 1. The van der Waals surface area contributed by atoms with Crippen LogP contribution in [0.15, 0.2) is 47.6 Å². The molecule has 0 spiro atoms. The molecule has 1 N–H and O–H groups in total. The normalized spacial score (nSPS) is 23.2. The summed E-state index contributed by atoms with van der Waals surface area (Å²) in [6, 6.07) is 10.2. The SMILES string of the molecule is CCOc1ccc(F)c(N2CC[C@@H](Oc3ccc(N4N=C(C(F)(F)F)[C@@H](C)[C@@H]4CC(=O)O)cc3)[C@H](C)C2)c1.Cl. The predicted octanol–water partition coefficient (Wildman–Crippen LogP) is 6.16. The van der Waals surface area contributed by atoms with E-state index < -0.39 is 36.2 Å². The molecule has 4 atom stereocenters. The summed E-state index contributed by atoms with van der Waals surface area (Å²) in [7, 11) is 0. The smallest absolute Gasteiger partial charge is 0.431 e. The summed E-state index contributed by atoms with van der Waals surface area (Å²) in [4.78, 5) is 13.3. The topological polar surface area (TPSA) is 74.6 Å². The Labute approximate surface area is 230 Å². The van der Waals surface area contributed by atoms with Crippen molar-refractivity contribution in [3.63, 3.8) is 0 Å². The molecule has 2 aliphatic heterocycles. The highest BCUT2D eigenvalue weighted by Gasteiger charge is 2.48. The standard InChI is InChI=1S/C27H31F4N3O4.ClH/c1-4-37-20-9-10-21(28)23(13-20)33-12-11-24(16(2)15-33)38-19-7-5-18(6-8-19)34-22(14-25(35)36)17(3)26(32-34)27(29,30)31;/h5-10,13,16-17,22,24H,4,11-12,14-15H2,1-3H3,(H,35,36);1H/t16-,17+,22+,24-;/m1./s1. The van der Waals surface area contributed by atoms with Crippen LogP contribution in [0.3, 0.4) is 0 Å². The van der Waals surface area contributed by atoms with Crippen LogP contribution in [0.4, 0.5) is 28.9 Å². The molecule has 4 rings (SSSR count). The van der Waals surface area contributed by atoms with Crippen LogP contribution in [-0.4, -0.2) is 54.8 Å². The molecular formula is C27H32ClF4N3O4. The van der Waals surface area contributed by atoms with Crippen molar-refractivity contribution in [2.75, 3.05) is 29.6 Å². The highest BCUT2D eigenvalue weighted by molar-refractivity contribution is 5.96. The van der Waals surface area contributed by atoms with Crippen LogP contribution in [0.1, 0.15) is 33.6 Å². The Morgan fingerprint density at radius 2 is 1.79 bits per heavy atom. The third-order valence-corrected chi connectivity index (χ3v) is 7.00. The molecule has 0 aliphatic carbocycles. The molecule has 7 nitrogen and oxygen atoms in total. The van der Waals surface area contributed by atoms with Crippen molar-refractivity contribution >= 4 is 35.5 Å². The molecule has 2 aliphatic rings. The Balaban J connectivity index is 0.00000420. The van der Waals surface area contributed by atoms with E-state index in [-0.39, 0.29) is 30.2 Å². The van der Waals surface area contributed by atoms with Crippen LogP contribution in [0.2, 0.25) is 0 Å². The van der Waals surface area contributed by atoms with Crippen molar-refractivity contribution in [1.82, 2.24) is 0 Å². The maximum atomic E-state index is 14.5. The fraction of sp³-hybridized carbons (Fsp3) is 0.481. The van der Waals surface area contributed by atoms with Gasteiger partial charge in [-0.05, 0) is 43.3 Å². The average Bonchev–Trinajstić information content (AvgIpc) is 3.18. The number of carbonyl (C=O) groups is 1. The second-order valence-electron chi connectivity index (χ2n) is 9.69. The van der Waals surface area contributed by atoms with Crippen LogP contribution in [0, 0.1) is 17.7 Å². The minimum atomic E-state index is -4.65. The zero-order valence-electron chi connectivity index (χ0n) is 21.8. The van der Waals surface area contributed by atoms with E-state index in [9.17, 15) is 27.5 Å².